The highest BCUT2D eigenvalue weighted by molar-refractivity contribution is 7.17. The van der Waals surface area contributed by atoms with Crippen molar-refractivity contribution in [3.63, 3.8) is 0 Å². The first-order valence-electron chi connectivity index (χ1n) is 10.8. The largest absolute Gasteiger partial charge is 0.340 e. The molecule has 3 aromatic rings. The monoisotopic (exact) mass is 408 g/mol. The maximum absolute atomic E-state index is 12.7. The molecule has 0 amide bonds. The molecule has 6 heteroatoms. The third-order valence-corrected chi connectivity index (χ3v) is 7.45. The Morgan fingerprint density at radius 1 is 1.03 bits per heavy atom. The molecule has 1 saturated heterocycles. The topological polar surface area (TPSA) is 52.2 Å². The van der Waals surface area contributed by atoms with E-state index in [1.54, 1.807) is 0 Å². The van der Waals surface area contributed by atoms with Crippen LogP contribution >= 0.6 is 11.3 Å². The first-order chi connectivity index (χ1) is 14.2. The number of thiophene rings is 1. The van der Waals surface area contributed by atoms with E-state index in [1.165, 1.54) is 49.0 Å². The lowest BCUT2D eigenvalue weighted by atomic mass is 9.94. The first kappa shape index (κ1) is 18.8. The number of fused-ring (bicyclic) bond motifs is 1. The Morgan fingerprint density at radius 3 is 2.48 bits per heavy atom. The van der Waals surface area contributed by atoms with Gasteiger partial charge in [-0.25, -0.2) is 4.98 Å². The molecule has 5 nitrogen and oxygen atoms in total. The van der Waals surface area contributed by atoms with E-state index in [-0.39, 0.29) is 5.56 Å². The zero-order valence-corrected chi connectivity index (χ0v) is 17.8. The van der Waals surface area contributed by atoms with Crippen molar-refractivity contribution in [1.82, 2.24) is 14.9 Å². The van der Waals surface area contributed by atoms with Crippen molar-refractivity contribution in [2.24, 2.45) is 0 Å². The molecule has 2 aliphatic rings. The number of benzene rings is 1. The van der Waals surface area contributed by atoms with Crippen LogP contribution in [0.15, 0.2) is 34.4 Å². The van der Waals surface area contributed by atoms with Crippen LogP contribution in [0.1, 0.15) is 37.7 Å². The van der Waals surface area contributed by atoms with E-state index in [1.807, 2.05) is 0 Å². The molecule has 0 bridgehead atoms. The molecule has 2 aromatic heterocycles. The van der Waals surface area contributed by atoms with Crippen LogP contribution in [0.5, 0.6) is 0 Å². The van der Waals surface area contributed by atoms with Gasteiger partial charge >= 0.3 is 0 Å². The van der Waals surface area contributed by atoms with Gasteiger partial charge in [-0.2, -0.15) is 0 Å². The summed E-state index contributed by atoms with van der Waals surface area (Å²) in [5.41, 5.74) is 4.21. The van der Waals surface area contributed by atoms with Gasteiger partial charge in [-0.3, -0.25) is 14.7 Å². The average molecular weight is 409 g/mol. The zero-order chi connectivity index (χ0) is 19.8. The van der Waals surface area contributed by atoms with Gasteiger partial charge in [0.2, 0.25) is 5.95 Å². The minimum atomic E-state index is -0.0249. The van der Waals surface area contributed by atoms with E-state index in [9.17, 15) is 4.79 Å². The Labute approximate surface area is 175 Å². The van der Waals surface area contributed by atoms with Crippen LogP contribution in [0.4, 0.5) is 5.95 Å². The van der Waals surface area contributed by atoms with Crippen molar-refractivity contribution in [2.45, 2.75) is 45.1 Å². The predicted molar refractivity (Wildman–Crippen MR) is 121 cm³/mol. The molecule has 1 aliphatic heterocycles. The molecule has 1 saturated carbocycles. The van der Waals surface area contributed by atoms with Crippen LogP contribution in [-0.2, 0) is 0 Å². The number of nitrogens with zero attached hydrogens (tertiary/aromatic N) is 3. The summed E-state index contributed by atoms with van der Waals surface area (Å²) < 4.78 is 0.713. The van der Waals surface area contributed by atoms with Crippen LogP contribution in [0.25, 0.3) is 21.3 Å². The number of anilines is 1. The van der Waals surface area contributed by atoms with Crippen molar-refractivity contribution < 1.29 is 0 Å². The van der Waals surface area contributed by atoms with E-state index in [4.69, 9.17) is 4.98 Å². The third-order valence-electron chi connectivity index (χ3n) is 6.48. The quantitative estimate of drug-likeness (QED) is 0.697. The Balaban J connectivity index is 1.40. The second-order valence-electron chi connectivity index (χ2n) is 8.40. The fourth-order valence-corrected chi connectivity index (χ4v) is 5.66. The SMILES string of the molecule is Cc1ccc(-c2csc3c(=O)[nH]c(N4CCN(C5CCCCC5)CC4)nc23)cc1. The van der Waals surface area contributed by atoms with E-state index < -0.39 is 0 Å². The highest BCUT2D eigenvalue weighted by Gasteiger charge is 2.26. The summed E-state index contributed by atoms with van der Waals surface area (Å²) in [4.78, 5) is 25.6. The smallest absolute Gasteiger partial charge is 0.270 e. The number of H-pyrrole nitrogens is 1. The molecule has 0 spiro atoms. The number of nitrogens with one attached hydrogen (secondary N) is 1. The lowest BCUT2D eigenvalue weighted by Gasteiger charge is -2.40. The molecule has 29 heavy (non-hydrogen) atoms. The van der Waals surface area contributed by atoms with Crippen molar-refractivity contribution in [3.8, 4) is 11.1 Å². The maximum atomic E-state index is 12.7. The van der Waals surface area contributed by atoms with Crippen LogP contribution in [0.2, 0.25) is 0 Å². The number of hydrogen-bond acceptors (Lipinski definition) is 5. The van der Waals surface area contributed by atoms with Crippen molar-refractivity contribution in [1.29, 1.82) is 0 Å². The van der Waals surface area contributed by atoms with Gasteiger partial charge in [0, 0.05) is 43.2 Å². The van der Waals surface area contributed by atoms with Crippen LogP contribution < -0.4 is 10.5 Å². The molecule has 1 aromatic carbocycles. The molecule has 3 heterocycles. The highest BCUT2D eigenvalue weighted by atomic mass is 32.1. The molecule has 5 rings (SSSR count). The van der Waals surface area contributed by atoms with Gasteiger partial charge < -0.3 is 4.90 Å². The van der Waals surface area contributed by atoms with E-state index in [0.29, 0.717) is 4.70 Å². The number of aromatic nitrogens is 2. The molecule has 0 radical (unpaired) electrons. The third kappa shape index (κ3) is 3.71. The summed E-state index contributed by atoms with van der Waals surface area (Å²) in [5.74, 6) is 0.720. The van der Waals surface area contributed by atoms with E-state index >= 15 is 0 Å². The van der Waals surface area contributed by atoms with Crippen molar-refractivity contribution in [2.75, 3.05) is 31.1 Å². The van der Waals surface area contributed by atoms with E-state index in [0.717, 1.165) is 54.8 Å². The summed E-state index contributed by atoms with van der Waals surface area (Å²) in [6, 6.07) is 9.20. The lowest BCUT2D eigenvalue weighted by Crippen LogP contribution is -2.51. The first-order valence-corrected chi connectivity index (χ1v) is 11.6. The second-order valence-corrected chi connectivity index (χ2v) is 9.28. The van der Waals surface area contributed by atoms with Crippen LogP contribution in [0.3, 0.4) is 0 Å². The van der Waals surface area contributed by atoms with Gasteiger partial charge in [0.25, 0.3) is 5.56 Å². The van der Waals surface area contributed by atoms with Gasteiger partial charge in [-0.15, -0.1) is 11.3 Å². The summed E-state index contributed by atoms with van der Waals surface area (Å²) in [5, 5.41) is 2.06. The van der Waals surface area contributed by atoms with Gasteiger partial charge in [0.05, 0.1) is 5.52 Å². The molecular weight excluding hydrogens is 380 g/mol. The Bertz CT molecular complexity index is 1040. The molecule has 1 aliphatic carbocycles. The summed E-state index contributed by atoms with van der Waals surface area (Å²) >= 11 is 1.48. The molecule has 152 valence electrons. The maximum Gasteiger partial charge on any atom is 0.270 e. The average Bonchev–Trinajstić information content (AvgIpc) is 3.20. The molecule has 0 unspecified atom stereocenters. The lowest BCUT2D eigenvalue weighted by molar-refractivity contribution is 0.147. The Hall–Kier alpha value is -2.18. The van der Waals surface area contributed by atoms with Crippen LogP contribution in [-0.4, -0.2) is 47.1 Å². The van der Waals surface area contributed by atoms with Crippen LogP contribution in [0, 0.1) is 6.92 Å². The summed E-state index contributed by atoms with van der Waals surface area (Å²) in [6.07, 6.45) is 6.82. The molecule has 1 N–H and O–H groups in total. The van der Waals surface area contributed by atoms with Crippen molar-refractivity contribution in [3.05, 3.63) is 45.6 Å². The Morgan fingerprint density at radius 2 is 1.76 bits per heavy atom. The number of aromatic amines is 1. The molecular formula is C23H28N4OS. The minimum Gasteiger partial charge on any atom is -0.340 e. The number of hydrogen-bond donors (Lipinski definition) is 1. The van der Waals surface area contributed by atoms with Gasteiger partial charge in [0.15, 0.2) is 0 Å². The van der Waals surface area contributed by atoms with Gasteiger partial charge in [-0.05, 0) is 25.3 Å². The fraction of sp³-hybridized carbons (Fsp3) is 0.478. The zero-order valence-electron chi connectivity index (χ0n) is 17.0. The van der Waals surface area contributed by atoms with E-state index in [2.05, 4.69) is 51.4 Å². The molecule has 0 atom stereocenters. The number of aryl methyl sites for hydroxylation is 1. The summed E-state index contributed by atoms with van der Waals surface area (Å²) in [6.45, 7) is 6.05. The number of piperazine rings is 1. The minimum absolute atomic E-state index is 0.0249. The number of rotatable bonds is 3. The Kier molecular flexibility index (Phi) is 5.14. The summed E-state index contributed by atoms with van der Waals surface area (Å²) in [7, 11) is 0. The fourth-order valence-electron chi connectivity index (χ4n) is 4.75. The highest BCUT2D eigenvalue weighted by Crippen LogP contribution is 2.32. The van der Waals surface area contributed by atoms with Crippen molar-refractivity contribution >= 4 is 27.5 Å². The normalized spacial score (nSPS) is 19.1. The standard InChI is InChI=1S/C23H28N4OS/c1-16-7-9-17(10-8-16)19-15-29-21-20(19)24-23(25-22(21)28)27-13-11-26(12-14-27)18-5-3-2-4-6-18/h7-10,15,18H,2-6,11-14H2,1H3,(H,24,25,28). The second kappa shape index (κ2) is 7.92. The predicted octanol–water partition coefficient (Wildman–Crippen LogP) is 4.41. The van der Waals surface area contributed by atoms with Gasteiger partial charge in [0.1, 0.15) is 4.70 Å². The van der Waals surface area contributed by atoms with Gasteiger partial charge in [-0.1, -0.05) is 49.1 Å². The molecule has 2 fully saturated rings.